The summed E-state index contributed by atoms with van der Waals surface area (Å²) in [6.07, 6.45) is 1.25. The van der Waals surface area contributed by atoms with Crippen molar-refractivity contribution >= 4 is 17.3 Å². The van der Waals surface area contributed by atoms with Gasteiger partial charge in [0.25, 0.3) is 5.91 Å². The molecule has 0 bridgehead atoms. The molecule has 0 aliphatic carbocycles. The van der Waals surface area contributed by atoms with E-state index in [1.54, 1.807) is 0 Å². The molecule has 6 heteroatoms. The monoisotopic (exact) mass is 406 g/mol. The third kappa shape index (κ3) is 5.00. The molecular formula is C24H30N4O2. The summed E-state index contributed by atoms with van der Waals surface area (Å²) >= 11 is 0. The second-order valence-electron chi connectivity index (χ2n) is 7.93. The molecule has 0 radical (unpaired) electrons. The molecule has 1 fully saturated rings. The molecule has 0 saturated carbocycles. The van der Waals surface area contributed by atoms with Crippen LogP contribution in [-0.4, -0.2) is 49.2 Å². The molecule has 158 valence electrons. The van der Waals surface area contributed by atoms with Gasteiger partial charge in [-0.2, -0.15) is 0 Å². The molecule has 2 aromatic rings. The molecule has 4 rings (SSSR count). The lowest BCUT2D eigenvalue weighted by Crippen LogP contribution is -2.45. The van der Waals surface area contributed by atoms with Crippen LogP contribution in [0.15, 0.2) is 59.8 Å². The molecule has 2 aromatic carbocycles. The maximum absolute atomic E-state index is 12.1. The summed E-state index contributed by atoms with van der Waals surface area (Å²) < 4.78 is 0. The zero-order chi connectivity index (χ0) is 20.8. The number of hydrogen-bond acceptors (Lipinski definition) is 5. The minimum Gasteiger partial charge on any atom is -0.387 e. The fraction of sp³-hybridized carbons (Fsp3) is 0.417. The number of nitrogens with zero attached hydrogens (tertiary/aromatic N) is 3. The van der Waals surface area contributed by atoms with E-state index in [0.29, 0.717) is 18.7 Å². The van der Waals surface area contributed by atoms with Crippen molar-refractivity contribution in [2.75, 3.05) is 37.6 Å². The second kappa shape index (κ2) is 9.76. The first kappa shape index (κ1) is 20.4. The molecular weight excluding hydrogens is 376 g/mol. The Kier molecular flexibility index (Phi) is 6.64. The van der Waals surface area contributed by atoms with Crippen LogP contribution in [0.25, 0.3) is 0 Å². The molecule has 1 N–H and O–H groups in total. The Bertz CT molecular complexity index is 859. The van der Waals surface area contributed by atoms with Crippen LogP contribution in [0.5, 0.6) is 0 Å². The predicted octanol–water partition coefficient (Wildman–Crippen LogP) is 3.35. The SMILES string of the molecule is CCCNC(=O)C1=NOC(c2ccc(N3CCN(Cc4ccccc4)CC3)cc2)C1. The number of carbonyl (C=O) groups is 1. The largest absolute Gasteiger partial charge is 0.387 e. The van der Waals surface area contributed by atoms with Crippen molar-refractivity contribution in [3.05, 3.63) is 65.7 Å². The smallest absolute Gasteiger partial charge is 0.269 e. The number of oxime groups is 1. The quantitative estimate of drug-likeness (QED) is 0.766. The number of carbonyl (C=O) groups excluding carboxylic acids is 1. The third-order valence-electron chi connectivity index (χ3n) is 5.72. The zero-order valence-electron chi connectivity index (χ0n) is 17.6. The van der Waals surface area contributed by atoms with Gasteiger partial charge in [-0.05, 0) is 29.7 Å². The van der Waals surface area contributed by atoms with Crippen molar-refractivity contribution < 1.29 is 9.63 Å². The fourth-order valence-electron chi connectivity index (χ4n) is 3.94. The van der Waals surface area contributed by atoms with Crippen LogP contribution in [0.4, 0.5) is 5.69 Å². The normalized spacial score (nSPS) is 19.3. The highest BCUT2D eigenvalue weighted by Crippen LogP contribution is 2.29. The van der Waals surface area contributed by atoms with Gasteiger partial charge in [0.2, 0.25) is 0 Å². The Morgan fingerprint density at radius 1 is 1.07 bits per heavy atom. The summed E-state index contributed by atoms with van der Waals surface area (Å²) in [7, 11) is 0. The third-order valence-corrected chi connectivity index (χ3v) is 5.72. The van der Waals surface area contributed by atoms with E-state index in [9.17, 15) is 4.79 Å². The van der Waals surface area contributed by atoms with E-state index < -0.39 is 0 Å². The lowest BCUT2D eigenvalue weighted by Gasteiger charge is -2.36. The van der Waals surface area contributed by atoms with Crippen molar-refractivity contribution in [1.29, 1.82) is 0 Å². The number of hydrogen-bond donors (Lipinski definition) is 1. The van der Waals surface area contributed by atoms with E-state index in [1.165, 1.54) is 11.3 Å². The highest BCUT2D eigenvalue weighted by Gasteiger charge is 2.27. The first-order chi connectivity index (χ1) is 14.7. The molecule has 1 saturated heterocycles. The molecule has 1 atom stereocenters. The van der Waals surface area contributed by atoms with E-state index in [-0.39, 0.29) is 12.0 Å². The van der Waals surface area contributed by atoms with E-state index in [2.05, 4.69) is 74.9 Å². The zero-order valence-corrected chi connectivity index (χ0v) is 17.6. The van der Waals surface area contributed by atoms with Gasteiger partial charge in [0, 0.05) is 51.4 Å². The van der Waals surface area contributed by atoms with Crippen LogP contribution in [0.3, 0.4) is 0 Å². The van der Waals surface area contributed by atoms with Gasteiger partial charge < -0.3 is 15.1 Å². The van der Waals surface area contributed by atoms with Crippen molar-refractivity contribution in [2.45, 2.75) is 32.4 Å². The molecule has 1 amide bonds. The van der Waals surface area contributed by atoms with E-state index in [0.717, 1.165) is 44.7 Å². The first-order valence-corrected chi connectivity index (χ1v) is 10.8. The number of nitrogens with one attached hydrogen (secondary N) is 1. The highest BCUT2D eigenvalue weighted by atomic mass is 16.6. The van der Waals surface area contributed by atoms with Crippen LogP contribution in [-0.2, 0) is 16.2 Å². The van der Waals surface area contributed by atoms with Crippen LogP contribution in [0.2, 0.25) is 0 Å². The van der Waals surface area contributed by atoms with Gasteiger partial charge in [-0.3, -0.25) is 9.69 Å². The second-order valence-corrected chi connectivity index (χ2v) is 7.93. The molecule has 0 aromatic heterocycles. The summed E-state index contributed by atoms with van der Waals surface area (Å²) in [5, 5.41) is 6.85. The Morgan fingerprint density at radius 2 is 1.80 bits per heavy atom. The highest BCUT2D eigenvalue weighted by molar-refractivity contribution is 6.39. The van der Waals surface area contributed by atoms with Gasteiger partial charge in [0.1, 0.15) is 5.71 Å². The maximum Gasteiger partial charge on any atom is 0.269 e. The summed E-state index contributed by atoms with van der Waals surface area (Å²) in [6.45, 7) is 7.88. The van der Waals surface area contributed by atoms with Crippen LogP contribution in [0.1, 0.15) is 37.0 Å². The van der Waals surface area contributed by atoms with Crippen LogP contribution in [0, 0.1) is 0 Å². The van der Waals surface area contributed by atoms with Gasteiger partial charge in [-0.15, -0.1) is 0 Å². The minimum atomic E-state index is -0.177. The lowest BCUT2D eigenvalue weighted by atomic mass is 10.0. The molecule has 0 spiro atoms. The van der Waals surface area contributed by atoms with Crippen molar-refractivity contribution in [1.82, 2.24) is 10.2 Å². The molecule has 30 heavy (non-hydrogen) atoms. The fourth-order valence-corrected chi connectivity index (χ4v) is 3.94. The number of rotatable bonds is 7. The molecule has 2 aliphatic heterocycles. The van der Waals surface area contributed by atoms with E-state index in [1.807, 2.05) is 6.92 Å². The van der Waals surface area contributed by atoms with Crippen LogP contribution >= 0.6 is 0 Å². The molecule has 2 heterocycles. The molecule has 6 nitrogen and oxygen atoms in total. The number of anilines is 1. The topological polar surface area (TPSA) is 57.2 Å². The maximum atomic E-state index is 12.1. The van der Waals surface area contributed by atoms with Gasteiger partial charge in [-0.1, -0.05) is 54.5 Å². The van der Waals surface area contributed by atoms with Gasteiger partial charge >= 0.3 is 0 Å². The van der Waals surface area contributed by atoms with E-state index in [4.69, 9.17) is 4.84 Å². The Hall–Kier alpha value is -2.86. The Morgan fingerprint density at radius 3 is 2.50 bits per heavy atom. The Balaban J connectivity index is 1.27. The van der Waals surface area contributed by atoms with Crippen molar-refractivity contribution in [3.63, 3.8) is 0 Å². The summed E-state index contributed by atoms with van der Waals surface area (Å²) in [6, 6.07) is 19.2. The average molecular weight is 407 g/mol. The van der Waals surface area contributed by atoms with Crippen LogP contribution < -0.4 is 10.2 Å². The van der Waals surface area contributed by atoms with E-state index >= 15 is 0 Å². The average Bonchev–Trinajstić information content (AvgIpc) is 3.29. The predicted molar refractivity (Wildman–Crippen MR) is 120 cm³/mol. The lowest BCUT2D eigenvalue weighted by molar-refractivity contribution is -0.114. The number of amides is 1. The van der Waals surface area contributed by atoms with Gasteiger partial charge in [0.05, 0.1) is 0 Å². The molecule has 2 aliphatic rings. The first-order valence-electron chi connectivity index (χ1n) is 10.8. The Labute approximate surface area is 178 Å². The van der Waals surface area contributed by atoms with Gasteiger partial charge in [-0.25, -0.2) is 0 Å². The standard InChI is InChI=1S/C24H30N4O2/c1-2-12-25-24(29)22-17-23(30-26-22)20-8-10-21(11-9-20)28-15-13-27(14-16-28)18-19-6-4-3-5-7-19/h3-11,23H,2,12-18H2,1H3,(H,25,29). The number of piperazine rings is 1. The van der Waals surface area contributed by atoms with Gasteiger partial charge in [0.15, 0.2) is 6.10 Å². The summed E-state index contributed by atoms with van der Waals surface area (Å²) in [4.78, 5) is 22.5. The van der Waals surface area contributed by atoms with Crippen molar-refractivity contribution in [2.24, 2.45) is 5.16 Å². The number of benzene rings is 2. The summed E-state index contributed by atoms with van der Waals surface area (Å²) in [5.41, 5.74) is 4.14. The minimum absolute atomic E-state index is 0.121. The summed E-state index contributed by atoms with van der Waals surface area (Å²) in [5.74, 6) is -0.121. The molecule has 1 unspecified atom stereocenters. The van der Waals surface area contributed by atoms with Crippen molar-refractivity contribution in [3.8, 4) is 0 Å².